The van der Waals surface area contributed by atoms with Gasteiger partial charge in [0.2, 0.25) is 5.91 Å². The largest absolute Gasteiger partial charge is 0.445 e. The Bertz CT molecular complexity index is 1430. The molecule has 0 saturated carbocycles. The van der Waals surface area contributed by atoms with Gasteiger partial charge in [-0.2, -0.15) is 0 Å². The maximum atomic E-state index is 14.2. The van der Waals surface area contributed by atoms with E-state index in [0.717, 1.165) is 41.3 Å². The first kappa shape index (κ1) is 30.6. The van der Waals surface area contributed by atoms with Gasteiger partial charge in [0, 0.05) is 18.4 Å². The highest BCUT2D eigenvalue weighted by Gasteiger charge is 2.54. The summed E-state index contributed by atoms with van der Waals surface area (Å²) in [4.78, 5) is 28.7. The van der Waals surface area contributed by atoms with E-state index in [1.807, 2.05) is 69.3 Å². The number of nitrogens with zero attached hydrogens (tertiary/aromatic N) is 1. The standard InChI is InChI=1S/C34H38F2N2O5/c1-4-23(32(40)38-31-27-13-9-8-12-24(27)18-30(31)43-34(38,2)3)17-29(39)28(16-22-14-25(35)19-26(36)15-22)37-33(41)42-20-21-10-6-5-7-11-21/h5-15,19,23,28-31,39H,4,16-18,20H2,1-3H3,(H,37,41)/t23-,28+,29+,30-,31+/m1/s1. The monoisotopic (exact) mass is 592 g/mol. The quantitative estimate of drug-likeness (QED) is 0.309. The van der Waals surface area contributed by atoms with E-state index in [4.69, 9.17) is 9.47 Å². The Kier molecular flexibility index (Phi) is 9.13. The zero-order chi connectivity index (χ0) is 30.7. The number of alkyl carbamates (subject to hydrolysis) is 1. The highest BCUT2D eigenvalue weighted by Crippen LogP contribution is 2.49. The third kappa shape index (κ3) is 6.89. The van der Waals surface area contributed by atoms with Crippen LogP contribution in [0.25, 0.3) is 0 Å². The molecule has 1 aliphatic carbocycles. The Morgan fingerprint density at radius 1 is 1.05 bits per heavy atom. The lowest BCUT2D eigenvalue weighted by Gasteiger charge is -2.37. The van der Waals surface area contributed by atoms with E-state index in [1.54, 1.807) is 4.90 Å². The Morgan fingerprint density at radius 2 is 1.72 bits per heavy atom. The maximum Gasteiger partial charge on any atom is 0.407 e. The summed E-state index contributed by atoms with van der Waals surface area (Å²) in [6, 6.07) is 19.0. The minimum Gasteiger partial charge on any atom is -0.445 e. The minimum atomic E-state index is -1.22. The van der Waals surface area contributed by atoms with E-state index in [0.29, 0.717) is 6.42 Å². The first-order valence-electron chi connectivity index (χ1n) is 14.7. The molecule has 1 fully saturated rings. The zero-order valence-corrected chi connectivity index (χ0v) is 24.6. The van der Waals surface area contributed by atoms with Crippen LogP contribution in [-0.4, -0.2) is 46.0 Å². The highest BCUT2D eigenvalue weighted by molar-refractivity contribution is 5.81. The summed E-state index contributed by atoms with van der Waals surface area (Å²) < 4.78 is 39.7. The van der Waals surface area contributed by atoms with Crippen LogP contribution in [0.3, 0.4) is 0 Å². The number of benzene rings is 3. The second-order valence-corrected chi connectivity index (χ2v) is 11.9. The number of hydrogen-bond donors (Lipinski definition) is 2. The van der Waals surface area contributed by atoms with Crippen molar-refractivity contribution in [1.29, 1.82) is 0 Å². The second-order valence-electron chi connectivity index (χ2n) is 11.9. The summed E-state index contributed by atoms with van der Waals surface area (Å²) in [7, 11) is 0. The molecule has 9 heteroatoms. The minimum absolute atomic E-state index is 0.00816. The average Bonchev–Trinajstić information content (AvgIpc) is 3.44. The molecular formula is C34H38F2N2O5. The predicted octanol–water partition coefficient (Wildman–Crippen LogP) is 5.84. The molecule has 228 valence electrons. The number of ether oxygens (including phenoxy) is 2. The number of carbonyl (C=O) groups is 2. The van der Waals surface area contributed by atoms with Gasteiger partial charge >= 0.3 is 6.09 Å². The van der Waals surface area contributed by atoms with Crippen LogP contribution in [0.4, 0.5) is 13.6 Å². The molecule has 5 atom stereocenters. The molecule has 1 saturated heterocycles. The summed E-state index contributed by atoms with van der Waals surface area (Å²) in [6.45, 7) is 5.63. The number of aliphatic hydroxyl groups is 1. The molecule has 0 bridgehead atoms. The summed E-state index contributed by atoms with van der Waals surface area (Å²) in [6.07, 6.45) is -1.07. The Balaban J connectivity index is 1.33. The Hall–Kier alpha value is -3.82. The lowest BCUT2D eigenvalue weighted by molar-refractivity contribution is -0.153. The van der Waals surface area contributed by atoms with E-state index in [2.05, 4.69) is 11.4 Å². The molecule has 0 radical (unpaired) electrons. The van der Waals surface area contributed by atoms with Gasteiger partial charge in [-0.3, -0.25) is 4.79 Å². The smallest absolute Gasteiger partial charge is 0.407 e. The van der Waals surface area contributed by atoms with Crippen LogP contribution in [0, 0.1) is 17.6 Å². The molecule has 3 aromatic rings. The summed E-state index contributed by atoms with van der Waals surface area (Å²) in [5.74, 6) is -2.28. The number of rotatable bonds is 10. The van der Waals surface area contributed by atoms with Crippen molar-refractivity contribution in [2.45, 2.75) is 83.1 Å². The molecule has 2 aliphatic rings. The number of amides is 2. The number of halogens is 2. The topological polar surface area (TPSA) is 88.1 Å². The SMILES string of the molecule is CC[C@H](C[C@H](O)[C@H](Cc1cc(F)cc(F)c1)NC(=O)OCc1ccccc1)C(=O)N1[C@H]2c3ccccc3C[C@H]2OC1(C)C. The van der Waals surface area contributed by atoms with Gasteiger partial charge in [0.15, 0.2) is 0 Å². The highest BCUT2D eigenvalue weighted by atomic mass is 19.1. The van der Waals surface area contributed by atoms with Crippen LogP contribution in [0.2, 0.25) is 0 Å². The number of nitrogens with one attached hydrogen (secondary N) is 1. The lowest BCUT2D eigenvalue weighted by Crippen LogP contribution is -2.50. The van der Waals surface area contributed by atoms with Crippen LogP contribution < -0.4 is 5.32 Å². The van der Waals surface area contributed by atoms with Gasteiger partial charge in [-0.25, -0.2) is 13.6 Å². The molecule has 1 aliphatic heterocycles. The van der Waals surface area contributed by atoms with Gasteiger partial charge in [-0.1, -0.05) is 61.5 Å². The normalized spacial score (nSPS) is 20.6. The van der Waals surface area contributed by atoms with Crippen molar-refractivity contribution < 1.29 is 33.0 Å². The Labute approximate surface area is 250 Å². The van der Waals surface area contributed by atoms with E-state index in [-0.39, 0.29) is 43.1 Å². The molecule has 3 aromatic carbocycles. The van der Waals surface area contributed by atoms with Crippen LogP contribution in [0.1, 0.15) is 61.9 Å². The molecule has 0 spiro atoms. The average molecular weight is 593 g/mol. The van der Waals surface area contributed by atoms with Gasteiger partial charge in [-0.05, 0) is 67.5 Å². The number of aliphatic hydroxyl groups excluding tert-OH is 1. The fourth-order valence-electron chi connectivity index (χ4n) is 6.39. The van der Waals surface area contributed by atoms with E-state index in [9.17, 15) is 23.5 Å². The number of carbonyl (C=O) groups excluding carboxylic acids is 2. The molecule has 1 heterocycles. The van der Waals surface area contributed by atoms with Crippen molar-refractivity contribution in [1.82, 2.24) is 10.2 Å². The number of fused-ring (bicyclic) bond motifs is 3. The van der Waals surface area contributed by atoms with Gasteiger partial charge in [0.1, 0.15) is 24.0 Å². The van der Waals surface area contributed by atoms with E-state index in [1.165, 1.54) is 0 Å². The molecule has 0 unspecified atom stereocenters. The first-order chi connectivity index (χ1) is 20.6. The van der Waals surface area contributed by atoms with Gasteiger partial charge < -0.3 is 24.8 Å². The molecule has 0 aromatic heterocycles. The zero-order valence-electron chi connectivity index (χ0n) is 24.6. The van der Waals surface area contributed by atoms with Gasteiger partial charge in [0.25, 0.3) is 0 Å². The predicted molar refractivity (Wildman–Crippen MR) is 157 cm³/mol. The third-order valence-electron chi connectivity index (χ3n) is 8.41. The van der Waals surface area contributed by atoms with Crippen molar-refractivity contribution in [3.05, 3.63) is 107 Å². The Morgan fingerprint density at radius 3 is 2.42 bits per heavy atom. The summed E-state index contributed by atoms with van der Waals surface area (Å²) >= 11 is 0. The van der Waals surface area contributed by atoms with Crippen molar-refractivity contribution in [3.63, 3.8) is 0 Å². The maximum absolute atomic E-state index is 14.2. The summed E-state index contributed by atoms with van der Waals surface area (Å²) in [5.41, 5.74) is 2.40. The van der Waals surface area contributed by atoms with Crippen LogP contribution in [0.5, 0.6) is 0 Å². The summed E-state index contributed by atoms with van der Waals surface area (Å²) in [5, 5.41) is 14.1. The first-order valence-corrected chi connectivity index (χ1v) is 14.7. The molecule has 2 N–H and O–H groups in total. The molecule has 43 heavy (non-hydrogen) atoms. The van der Waals surface area contributed by atoms with Crippen molar-refractivity contribution in [3.8, 4) is 0 Å². The second kappa shape index (κ2) is 12.8. The van der Waals surface area contributed by atoms with Crippen LogP contribution in [-0.2, 0) is 33.7 Å². The van der Waals surface area contributed by atoms with Gasteiger partial charge in [0.05, 0.1) is 24.3 Å². The third-order valence-corrected chi connectivity index (χ3v) is 8.41. The van der Waals surface area contributed by atoms with Crippen molar-refractivity contribution in [2.75, 3.05) is 0 Å². The molecule has 7 nitrogen and oxygen atoms in total. The fourth-order valence-corrected chi connectivity index (χ4v) is 6.39. The number of hydrogen-bond acceptors (Lipinski definition) is 5. The molecular weight excluding hydrogens is 554 g/mol. The molecule has 2 amide bonds. The van der Waals surface area contributed by atoms with E-state index < -0.39 is 41.5 Å². The fraction of sp³-hybridized carbons (Fsp3) is 0.412. The lowest BCUT2D eigenvalue weighted by atomic mass is 9.90. The van der Waals surface area contributed by atoms with Crippen molar-refractivity contribution in [2.24, 2.45) is 5.92 Å². The van der Waals surface area contributed by atoms with E-state index >= 15 is 0 Å². The van der Waals surface area contributed by atoms with Crippen molar-refractivity contribution >= 4 is 12.0 Å². The molecule has 5 rings (SSSR count). The van der Waals surface area contributed by atoms with Crippen LogP contribution >= 0.6 is 0 Å². The van der Waals surface area contributed by atoms with Gasteiger partial charge in [-0.15, -0.1) is 0 Å². The van der Waals surface area contributed by atoms with Crippen LogP contribution in [0.15, 0.2) is 72.8 Å².